The smallest absolute Gasteiger partial charge is 0.329 e. The van der Waals surface area contributed by atoms with Crippen LogP contribution in [0.2, 0.25) is 0 Å². The molecule has 2 rings (SSSR count). The lowest BCUT2D eigenvalue weighted by atomic mass is 10.0. The lowest BCUT2D eigenvalue weighted by molar-refractivity contribution is -0.141. The van der Waals surface area contributed by atoms with Crippen molar-refractivity contribution in [2.24, 2.45) is 11.8 Å². The van der Waals surface area contributed by atoms with Crippen LogP contribution in [0.5, 0.6) is 0 Å². The molecule has 0 aliphatic heterocycles. The van der Waals surface area contributed by atoms with Gasteiger partial charge < -0.3 is 9.64 Å². The van der Waals surface area contributed by atoms with Crippen LogP contribution < -0.4 is 4.90 Å². The lowest BCUT2D eigenvalue weighted by Crippen LogP contribution is -2.34. The molecule has 0 spiro atoms. The number of aromatic nitrogens is 2. The molecule has 1 aromatic carbocycles. The number of esters is 1. The fraction of sp³-hybridized carbons (Fsp3) is 0.500. The Morgan fingerprint density at radius 3 is 2.12 bits per heavy atom. The van der Waals surface area contributed by atoms with Gasteiger partial charge in [0.05, 0.1) is 24.2 Å². The Kier molecular flexibility index (Phi) is 6.51. The lowest BCUT2D eigenvalue weighted by Gasteiger charge is -2.29. The van der Waals surface area contributed by atoms with Crippen LogP contribution in [0.4, 0.5) is 5.82 Å². The summed E-state index contributed by atoms with van der Waals surface area (Å²) in [6.07, 6.45) is 0. The molecule has 1 atom stereocenters. The minimum Gasteiger partial charge on any atom is -0.468 e. The third-order valence-corrected chi connectivity index (χ3v) is 3.89. The van der Waals surface area contributed by atoms with Crippen molar-refractivity contribution >= 4 is 22.8 Å². The van der Waals surface area contributed by atoms with Crippen molar-refractivity contribution in [3.63, 3.8) is 0 Å². The van der Waals surface area contributed by atoms with E-state index in [-0.39, 0.29) is 0 Å². The summed E-state index contributed by atoms with van der Waals surface area (Å²) in [5.41, 5.74) is 1.76. The highest BCUT2D eigenvalue weighted by atomic mass is 16.5. The van der Waals surface area contributed by atoms with Gasteiger partial charge in [-0.3, -0.25) is 4.79 Å². The number of benzene rings is 1. The van der Waals surface area contributed by atoms with Gasteiger partial charge in [-0.2, -0.15) is 5.26 Å². The van der Waals surface area contributed by atoms with Crippen LogP contribution in [0.25, 0.3) is 11.0 Å². The minimum absolute atomic E-state index is 0.361. The van der Waals surface area contributed by atoms with E-state index in [1.54, 1.807) is 0 Å². The standard InChI is InChI=1S/C20H26N4O2/c1-13(2)11-24(12-14(3)4)19-18(15(10-21)20(25)26-5)22-16-8-6-7-9-17(16)23-19/h6-9,13-15H,11-12H2,1-5H3. The van der Waals surface area contributed by atoms with Crippen molar-refractivity contribution in [2.75, 3.05) is 25.1 Å². The van der Waals surface area contributed by atoms with Gasteiger partial charge in [-0.05, 0) is 24.0 Å². The van der Waals surface area contributed by atoms with E-state index in [1.165, 1.54) is 7.11 Å². The van der Waals surface area contributed by atoms with Gasteiger partial charge in [0.15, 0.2) is 11.7 Å². The van der Waals surface area contributed by atoms with Crippen molar-refractivity contribution in [2.45, 2.75) is 33.6 Å². The Balaban J connectivity index is 2.68. The summed E-state index contributed by atoms with van der Waals surface area (Å²) in [6.45, 7) is 10.0. The summed E-state index contributed by atoms with van der Waals surface area (Å²) in [4.78, 5) is 23.7. The van der Waals surface area contributed by atoms with Crippen LogP contribution in [0.15, 0.2) is 24.3 Å². The molecular formula is C20H26N4O2. The summed E-state index contributed by atoms with van der Waals surface area (Å²) < 4.78 is 4.82. The van der Waals surface area contributed by atoms with Gasteiger partial charge >= 0.3 is 5.97 Å². The summed E-state index contributed by atoms with van der Waals surface area (Å²) >= 11 is 0. The number of hydrogen-bond donors (Lipinski definition) is 0. The second-order valence-corrected chi connectivity index (χ2v) is 7.20. The van der Waals surface area contributed by atoms with Crippen LogP contribution in [0.1, 0.15) is 39.3 Å². The van der Waals surface area contributed by atoms with E-state index in [1.807, 2.05) is 30.3 Å². The zero-order valence-electron chi connectivity index (χ0n) is 16.1. The van der Waals surface area contributed by atoms with Gasteiger partial charge in [-0.1, -0.05) is 39.8 Å². The highest BCUT2D eigenvalue weighted by Crippen LogP contribution is 2.29. The fourth-order valence-corrected chi connectivity index (χ4v) is 2.90. The van der Waals surface area contributed by atoms with Gasteiger partial charge in [0, 0.05) is 13.1 Å². The first kappa shape index (κ1) is 19.6. The third kappa shape index (κ3) is 4.48. The van der Waals surface area contributed by atoms with E-state index in [2.05, 4.69) is 37.6 Å². The van der Waals surface area contributed by atoms with E-state index < -0.39 is 11.9 Å². The molecule has 0 aliphatic carbocycles. The molecule has 26 heavy (non-hydrogen) atoms. The van der Waals surface area contributed by atoms with Crippen molar-refractivity contribution < 1.29 is 9.53 Å². The molecule has 0 radical (unpaired) electrons. The maximum atomic E-state index is 12.2. The number of carbonyl (C=O) groups is 1. The number of fused-ring (bicyclic) bond motifs is 1. The Bertz CT molecular complexity index is 801. The van der Waals surface area contributed by atoms with Crippen LogP contribution >= 0.6 is 0 Å². The number of para-hydroxylation sites is 2. The van der Waals surface area contributed by atoms with Gasteiger partial charge in [-0.15, -0.1) is 0 Å². The molecule has 2 aromatic rings. The molecule has 138 valence electrons. The van der Waals surface area contributed by atoms with Crippen molar-refractivity contribution in [1.29, 1.82) is 5.26 Å². The van der Waals surface area contributed by atoms with Gasteiger partial charge in [-0.25, -0.2) is 9.97 Å². The first-order valence-corrected chi connectivity index (χ1v) is 8.86. The molecule has 6 nitrogen and oxygen atoms in total. The maximum absolute atomic E-state index is 12.2. The van der Waals surface area contributed by atoms with E-state index in [0.29, 0.717) is 28.9 Å². The molecule has 0 saturated carbocycles. The molecule has 0 saturated heterocycles. The molecule has 6 heteroatoms. The zero-order valence-corrected chi connectivity index (χ0v) is 16.1. The summed E-state index contributed by atoms with van der Waals surface area (Å²) in [5.74, 6) is -0.341. The van der Waals surface area contributed by atoms with Gasteiger partial charge in [0.25, 0.3) is 0 Å². The zero-order chi connectivity index (χ0) is 19.3. The summed E-state index contributed by atoms with van der Waals surface area (Å²) in [7, 11) is 1.28. The second kappa shape index (κ2) is 8.61. The van der Waals surface area contributed by atoms with E-state index in [9.17, 15) is 10.1 Å². The van der Waals surface area contributed by atoms with Crippen molar-refractivity contribution in [3.8, 4) is 6.07 Å². The Morgan fingerprint density at radius 1 is 1.12 bits per heavy atom. The normalized spacial score (nSPS) is 12.2. The third-order valence-electron chi connectivity index (χ3n) is 3.89. The van der Waals surface area contributed by atoms with Crippen molar-refractivity contribution in [1.82, 2.24) is 9.97 Å². The first-order chi connectivity index (χ1) is 12.4. The number of hydrogen-bond acceptors (Lipinski definition) is 6. The monoisotopic (exact) mass is 354 g/mol. The van der Waals surface area contributed by atoms with Gasteiger partial charge in [0.2, 0.25) is 0 Å². The van der Waals surface area contributed by atoms with Gasteiger partial charge in [0.1, 0.15) is 5.69 Å². The van der Waals surface area contributed by atoms with E-state index in [4.69, 9.17) is 9.72 Å². The largest absolute Gasteiger partial charge is 0.468 e. The predicted octanol–water partition coefficient (Wildman–Crippen LogP) is 3.53. The highest BCUT2D eigenvalue weighted by molar-refractivity contribution is 5.85. The molecule has 0 bridgehead atoms. The Morgan fingerprint density at radius 2 is 1.65 bits per heavy atom. The maximum Gasteiger partial charge on any atom is 0.329 e. The molecule has 0 amide bonds. The fourth-order valence-electron chi connectivity index (χ4n) is 2.90. The molecular weight excluding hydrogens is 328 g/mol. The Hall–Kier alpha value is -2.68. The molecule has 0 fully saturated rings. The number of ether oxygens (including phenoxy) is 1. The number of nitriles is 1. The first-order valence-electron chi connectivity index (χ1n) is 8.86. The molecule has 0 aliphatic rings. The average molecular weight is 354 g/mol. The topological polar surface area (TPSA) is 79.1 Å². The second-order valence-electron chi connectivity index (χ2n) is 7.20. The number of nitrogens with zero attached hydrogens (tertiary/aromatic N) is 4. The summed E-state index contributed by atoms with van der Waals surface area (Å²) in [6, 6.07) is 9.51. The van der Waals surface area contributed by atoms with E-state index >= 15 is 0 Å². The minimum atomic E-state index is -1.10. The number of methoxy groups -OCH3 is 1. The number of carbonyl (C=O) groups excluding carboxylic acids is 1. The molecule has 1 heterocycles. The summed E-state index contributed by atoms with van der Waals surface area (Å²) in [5, 5.41) is 9.59. The predicted molar refractivity (Wildman–Crippen MR) is 102 cm³/mol. The SMILES string of the molecule is COC(=O)C(C#N)c1nc2ccccc2nc1N(CC(C)C)CC(C)C. The van der Waals surface area contributed by atoms with Crippen LogP contribution in [0, 0.1) is 23.2 Å². The van der Waals surface area contributed by atoms with Crippen LogP contribution in [0.3, 0.4) is 0 Å². The highest BCUT2D eigenvalue weighted by Gasteiger charge is 2.29. The molecule has 1 unspecified atom stereocenters. The van der Waals surface area contributed by atoms with E-state index in [0.717, 1.165) is 18.6 Å². The molecule has 0 N–H and O–H groups in total. The quantitative estimate of drug-likeness (QED) is 0.708. The molecule has 1 aromatic heterocycles. The van der Waals surface area contributed by atoms with Crippen LogP contribution in [-0.4, -0.2) is 36.1 Å². The Labute approximate surface area is 154 Å². The van der Waals surface area contributed by atoms with Crippen molar-refractivity contribution in [3.05, 3.63) is 30.0 Å². The number of rotatable bonds is 7. The number of anilines is 1. The average Bonchev–Trinajstić information content (AvgIpc) is 2.60. The van der Waals surface area contributed by atoms with Crippen LogP contribution in [-0.2, 0) is 9.53 Å².